The summed E-state index contributed by atoms with van der Waals surface area (Å²) in [5.41, 5.74) is 0. The van der Waals surface area contributed by atoms with Crippen molar-refractivity contribution < 1.29 is 18.9 Å². The van der Waals surface area contributed by atoms with Gasteiger partial charge >= 0.3 is 0 Å². The van der Waals surface area contributed by atoms with Crippen LogP contribution in [0.15, 0.2) is 97.1 Å². The molecule has 0 spiro atoms. The third kappa shape index (κ3) is 6.38. The van der Waals surface area contributed by atoms with Crippen molar-refractivity contribution in [2.75, 3.05) is 40.8 Å². The molecule has 0 heterocycles. The molecule has 186 valence electrons. The molecule has 0 saturated heterocycles. The van der Waals surface area contributed by atoms with Gasteiger partial charge in [0.05, 0.1) is 28.4 Å². The normalized spacial score (nSPS) is 10.9. The van der Waals surface area contributed by atoms with Crippen LogP contribution in [0.4, 0.5) is 0 Å². The van der Waals surface area contributed by atoms with E-state index in [0.717, 1.165) is 35.3 Å². The molecule has 0 bridgehead atoms. The second kappa shape index (κ2) is 12.8. The monoisotopic (exact) mass is 518 g/mol. The first-order valence-electron chi connectivity index (χ1n) is 11.8. The quantitative estimate of drug-likeness (QED) is 0.253. The Kier molecular flexibility index (Phi) is 9.23. The maximum Gasteiger partial charge on any atom is 0.119 e. The van der Waals surface area contributed by atoms with Gasteiger partial charge in [-0.3, -0.25) is 0 Å². The number of rotatable bonds is 11. The van der Waals surface area contributed by atoms with E-state index in [0.29, 0.717) is 0 Å². The van der Waals surface area contributed by atoms with Gasteiger partial charge in [0.25, 0.3) is 0 Å². The summed E-state index contributed by atoms with van der Waals surface area (Å²) in [6.45, 7) is 0. The Morgan fingerprint density at radius 3 is 0.889 bits per heavy atom. The van der Waals surface area contributed by atoms with Crippen molar-refractivity contribution >= 4 is 37.1 Å². The standard InChI is InChI=1S/C30H32O4P2/c1-31-23-9-5-13-27(19-23)35(28-14-6-10-24(20-28)32-2)17-18-36(29-15-7-11-25(21-29)33-3)30-16-8-12-26(22-30)34-4/h5-16,19-22H,17-18H2,1-4H3. The summed E-state index contributed by atoms with van der Waals surface area (Å²) in [6.07, 6.45) is 2.05. The third-order valence-electron chi connectivity index (χ3n) is 6.01. The largest absolute Gasteiger partial charge is 0.497 e. The number of benzene rings is 4. The molecule has 6 heteroatoms. The zero-order valence-electron chi connectivity index (χ0n) is 21.2. The van der Waals surface area contributed by atoms with E-state index in [1.165, 1.54) is 21.2 Å². The first kappa shape index (κ1) is 26.0. The molecule has 0 unspecified atom stereocenters. The molecule has 4 nitrogen and oxygen atoms in total. The van der Waals surface area contributed by atoms with Crippen LogP contribution in [0.5, 0.6) is 23.0 Å². The van der Waals surface area contributed by atoms with Crippen LogP contribution in [-0.2, 0) is 0 Å². The minimum atomic E-state index is -0.637. The molecule has 0 aromatic heterocycles. The maximum atomic E-state index is 5.56. The van der Waals surface area contributed by atoms with Gasteiger partial charge in [-0.15, -0.1) is 0 Å². The summed E-state index contributed by atoms with van der Waals surface area (Å²) in [4.78, 5) is 0. The van der Waals surface area contributed by atoms with Gasteiger partial charge in [0, 0.05) is 0 Å². The van der Waals surface area contributed by atoms with E-state index in [4.69, 9.17) is 18.9 Å². The first-order chi connectivity index (χ1) is 17.6. The average molecular weight is 519 g/mol. The van der Waals surface area contributed by atoms with Crippen LogP contribution in [0, 0.1) is 0 Å². The summed E-state index contributed by atoms with van der Waals surface area (Å²) in [6, 6.07) is 33.9. The van der Waals surface area contributed by atoms with Crippen LogP contribution >= 0.6 is 15.8 Å². The fourth-order valence-corrected chi connectivity index (χ4v) is 9.55. The lowest BCUT2D eigenvalue weighted by molar-refractivity contribution is 0.415. The van der Waals surface area contributed by atoms with Crippen LogP contribution in [0.25, 0.3) is 0 Å². The van der Waals surface area contributed by atoms with Crippen LogP contribution in [0.2, 0.25) is 0 Å². The van der Waals surface area contributed by atoms with Crippen molar-refractivity contribution in [3.8, 4) is 23.0 Å². The molecule has 0 aliphatic rings. The van der Waals surface area contributed by atoms with E-state index in [9.17, 15) is 0 Å². The van der Waals surface area contributed by atoms with Crippen LogP contribution < -0.4 is 40.2 Å². The molecular formula is C30H32O4P2. The van der Waals surface area contributed by atoms with Crippen LogP contribution in [-0.4, -0.2) is 40.8 Å². The van der Waals surface area contributed by atoms with E-state index >= 15 is 0 Å². The van der Waals surface area contributed by atoms with E-state index in [2.05, 4.69) is 72.8 Å². The second-order valence-corrected chi connectivity index (χ2v) is 12.8. The van der Waals surface area contributed by atoms with Gasteiger partial charge in [-0.25, -0.2) is 0 Å². The molecule has 0 fully saturated rings. The Labute approximate surface area is 216 Å². The van der Waals surface area contributed by atoms with Crippen LogP contribution in [0.3, 0.4) is 0 Å². The predicted octanol–water partition coefficient (Wildman–Crippen LogP) is 5.29. The summed E-state index contributed by atoms with van der Waals surface area (Å²) >= 11 is 0. The molecule has 0 saturated carbocycles. The van der Waals surface area contributed by atoms with Gasteiger partial charge in [0.2, 0.25) is 0 Å². The van der Waals surface area contributed by atoms with Crippen molar-refractivity contribution in [2.45, 2.75) is 0 Å². The molecule has 0 N–H and O–H groups in total. The van der Waals surface area contributed by atoms with Crippen molar-refractivity contribution in [2.24, 2.45) is 0 Å². The molecule has 4 rings (SSSR count). The van der Waals surface area contributed by atoms with Crippen molar-refractivity contribution in [3.63, 3.8) is 0 Å². The highest BCUT2D eigenvalue weighted by atomic mass is 31.1. The maximum absolute atomic E-state index is 5.56. The zero-order chi connectivity index (χ0) is 25.3. The summed E-state index contributed by atoms with van der Waals surface area (Å²) in [5, 5.41) is 5.18. The smallest absolute Gasteiger partial charge is 0.119 e. The van der Waals surface area contributed by atoms with E-state index in [1.54, 1.807) is 28.4 Å². The first-order valence-corrected chi connectivity index (χ1v) is 14.8. The lowest BCUT2D eigenvalue weighted by atomic mass is 10.3. The summed E-state index contributed by atoms with van der Waals surface area (Å²) in [5.74, 6) is 3.52. The highest BCUT2D eigenvalue weighted by Gasteiger charge is 2.21. The molecule has 0 amide bonds. The number of methoxy groups -OCH3 is 4. The van der Waals surface area contributed by atoms with Gasteiger partial charge in [0.15, 0.2) is 0 Å². The molecule has 0 aliphatic carbocycles. The minimum absolute atomic E-state index is 0.637. The van der Waals surface area contributed by atoms with Crippen molar-refractivity contribution in [1.82, 2.24) is 0 Å². The number of hydrogen-bond donors (Lipinski definition) is 0. The van der Waals surface area contributed by atoms with Crippen LogP contribution in [0.1, 0.15) is 0 Å². The van der Waals surface area contributed by atoms with Crippen molar-refractivity contribution in [3.05, 3.63) is 97.1 Å². The molecule has 36 heavy (non-hydrogen) atoms. The van der Waals surface area contributed by atoms with Gasteiger partial charge < -0.3 is 18.9 Å². The minimum Gasteiger partial charge on any atom is -0.497 e. The molecule has 0 radical (unpaired) electrons. The fraction of sp³-hybridized carbons (Fsp3) is 0.200. The number of hydrogen-bond acceptors (Lipinski definition) is 4. The summed E-state index contributed by atoms with van der Waals surface area (Å²) < 4.78 is 22.3. The Bertz CT molecular complexity index is 1080. The lowest BCUT2D eigenvalue weighted by Crippen LogP contribution is -2.20. The SMILES string of the molecule is COc1cccc(P(CCP(c2cccc(OC)c2)c2cccc(OC)c2)c2cccc(OC)c2)c1. The molecule has 0 atom stereocenters. The van der Waals surface area contributed by atoms with Gasteiger partial charge in [-0.2, -0.15) is 0 Å². The Morgan fingerprint density at radius 1 is 0.417 bits per heavy atom. The van der Waals surface area contributed by atoms with E-state index in [-0.39, 0.29) is 0 Å². The molecule has 0 aliphatic heterocycles. The zero-order valence-corrected chi connectivity index (χ0v) is 23.0. The fourth-order valence-electron chi connectivity index (χ4n) is 4.13. The summed E-state index contributed by atoms with van der Waals surface area (Å²) in [7, 11) is 5.61. The highest BCUT2D eigenvalue weighted by Crippen LogP contribution is 2.42. The Morgan fingerprint density at radius 2 is 0.667 bits per heavy atom. The van der Waals surface area contributed by atoms with Gasteiger partial charge in [-0.05, 0) is 97.9 Å². The molecule has 4 aromatic rings. The number of ether oxygens (including phenoxy) is 4. The second-order valence-electron chi connectivity index (χ2n) is 8.11. The van der Waals surface area contributed by atoms with E-state index < -0.39 is 15.8 Å². The average Bonchev–Trinajstić information content (AvgIpc) is 2.95. The Balaban J connectivity index is 1.73. The Hall–Kier alpha value is -3.06. The third-order valence-corrected chi connectivity index (χ3v) is 11.3. The van der Waals surface area contributed by atoms with E-state index in [1.807, 2.05) is 24.3 Å². The topological polar surface area (TPSA) is 36.9 Å². The molecule has 4 aromatic carbocycles. The molecular weight excluding hydrogens is 486 g/mol. The predicted molar refractivity (Wildman–Crippen MR) is 154 cm³/mol. The van der Waals surface area contributed by atoms with Gasteiger partial charge in [-0.1, -0.05) is 48.5 Å². The highest BCUT2D eigenvalue weighted by molar-refractivity contribution is 7.76. The van der Waals surface area contributed by atoms with Crippen molar-refractivity contribution in [1.29, 1.82) is 0 Å². The van der Waals surface area contributed by atoms with Gasteiger partial charge in [0.1, 0.15) is 23.0 Å². The lowest BCUT2D eigenvalue weighted by Gasteiger charge is -2.25.